The number of benzene rings is 1. The Labute approximate surface area is 120 Å². The summed E-state index contributed by atoms with van der Waals surface area (Å²) in [5.41, 5.74) is 2.20. The molecule has 0 saturated heterocycles. The van der Waals surface area contributed by atoms with Crippen LogP contribution in [-0.2, 0) is 5.75 Å². The minimum absolute atomic E-state index is 0.566. The van der Waals surface area contributed by atoms with Gasteiger partial charge in [0.05, 0.1) is 0 Å². The predicted octanol–water partition coefficient (Wildman–Crippen LogP) is 4.28. The highest BCUT2D eigenvalue weighted by atomic mass is 35.5. The molecule has 3 aromatic rings. The molecule has 0 bridgehead atoms. The number of rotatable bonds is 3. The van der Waals surface area contributed by atoms with Crippen molar-refractivity contribution < 1.29 is 4.42 Å². The van der Waals surface area contributed by atoms with Crippen molar-refractivity contribution >= 4 is 57.6 Å². The first-order valence-electron chi connectivity index (χ1n) is 4.88. The molecule has 2 aromatic heterocycles. The van der Waals surface area contributed by atoms with Gasteiger partial charge < -0.3 is 4.42 Å². The molecule has 18 heavy (non-hydrogen) atoms. The van der Waals surface area contributed by atoms with Gasteiger partial charge in [-0.05, 0) is 18.2 Å². The molecule has 0 aliphatic carbocycles. The number of halogens is 2. The van der Waals surface area contributed by atoms with Gasteiger partial charge in [-0.15, -0.1) is 5.10 Å². The molecule has 1 aromatic carbocycles. The van der Waals surface area contributed by atoms with Crippen molar-refractivity contribution in [1.29, 1.82) is 0 Å². The average molecular weight is 318 g/mol. The van der Waals surface area contributed by atoms with Gasteiger partial charge in [-0.2, -0.15) is 0 Å². The van der Waals surface area contributed by atoms with Crippen LogP contribution in [-0.4, -0.2) is 14.6 Å². The molecule has 8 heteroatoms. The number of hydrogen-bond acceptors (Lipinski definition) is 6. The van der Waals surface area contributed by atoms with Crippen LogP contribution in [0, 0.1) is 0 Å². The Morgan fingerprint density at radius 1 is 1.33 bits per heavy atom. The lowest BCUT2D eigenvalue weighted by Crippen LogP contribution is -1.81. The van der Waals surface area contributed by atoms with Gasteiger partial charge in [-0.25, -0.2) is 4.98 Å². The first kappa shape index (κ1) is 12.2. The minimum atomic E-state index is 0.566. The molecule has 0 N–H and O–H groups in total. The van der Waals surface area contributed by atoms with E-state index in [0.717, 1.165) is 11.2 Å². The molecule has 0 aliphatic rings. The SMILES string of the molecule is Clc1ccc2oc(SCc3nnsc3Cl)nc2c1. The summed E-state index contributed by atoms with van der Waals surface area (Å²) in [5, 5.41) is 5.13. The van der Waals surface area contributed by atoms with E-state index in [9.17, 15) is 0 Å². The molecule has 0 unspecified atom stereocenters. The second-order valence-corrected chi connectivity index (χ2v) is 6.09. The van der Waals surface area contributed by atoms with Gasteiger partial charge in [0, 0.05) is 22.3 Å². The summed E-state index contributed by atoms with van der Waals surface area (Å²) < 4.78 is 9.93. The highest BCUT2D eigenvalue weighted by Crippen LogP contribution is 2.29. The number of hydrogen-bond donors (Lipinski definition) is 0. The minimum Gasteiger partial charge on any atom is -0.431 e. The van der Waals surface area contributed by atoms with Crippen LogP contribution in [0.1, 0.15) is 5.69 Å². The molecule has 0 spiro atoms. The summed E-state index contributed by atoms with van der Waals surface area (Å²) in [4.78, 5) is 4.33. The van der Waals surface area contributed by atoms with Crippen molar-refractivity contribution in [3.8, 4) is 0 Å². The Kier molecular flexibility index (Phi) is 3.43. The van der Waals surface area contributed by atoms with E-state index in [0.29, 0.717) is 25.9 Å². The van der Waals surface area contributed by atoms with Gasteiger partial charge in [0.2, 0.25) is 0 Å². The standard InChI is InChI=1S/C10H5Cl2N3OS2/c11-5-1-2-8-6(3-5)13-10(16-8)17-4-7-9(12)18-15-14-7/h1-3H,4H2. The zero-order chi connectivity index (χ0) is 12.5. The van der Waals surface area contributed by atoms with Gasteiger partial charge in [0.25, 0.3) is 5.22 Å². The van der Waals surface area contributed by atoms with E-state index < -0.39 is 0 Å². The van der Waals surface area contributed by atoms with Gasteiger partial charge in [0.1, 0.15) is 15.5 Å². The largest absolute Gasteiger partial charge is 0.431 e. The molecule has 0 fully saturated rings. The molecule has 2 heterocycles. The quantitative estimate of drug-likeness (QED) is 0.675. The highest BCUT2D eigenvalue weighted by molar-refractivity contribution is 7.98. The third kappa shape index (κ3) is 2.47. The maximum atomic E-state index is 5.92. The van der Waals surface area contributed by atoms with E-state index in [1.54, 1.807) is 18.2 Å². The van der Waals surface area contributed by atoms with Crippen molar-refractivity contribution in [3.63, 3.8) is 0 Å². The smallest absolute Gasteiger partial charge is 0.257 e. The Morgan fingerprint density at radius 3 is 3.00 bits per heavy atom. The lowest BCUT2D eigenvalue weighted by Gasteiger charge is -1.91. The first-order chi connectivity index (χ1) is 8.72. The molecule has 3 rings (SSSR count). The molecule has 0 saturated carbocycles. The molecule has 0 radical (unpaired) electrons. The number of fused-ring (bicyclic) bond motifs is 1. The van der Waals surface area contributed by atoms with Crippen molar-refractivity contribution in [3.05, 3.63) is 33.3 Å². The van der Waals surface area contributed by atoms with Crippen LogP contribution >= 0.6 is 46.5 Å². The third-order valence-electron chi connectivity index (χ3n) is 2.17. The summed E-state index contributed by atoms with van der Waals surface area (Å²) >= 11 is 14.4. The van der Waals surface area contributed by atoms with Crippen molar-refractivity contribution in [1.82, 2.24) is 14.6 Å². The predicted molar refractivity (Wildman–Crippen MR) is 73.5 cm³/mol. The van der Waals surface area contributed by atoms with Crippen LogP contribution in [0.3, 0.4) is 0 Å². The molecule has 0 atom stereocenters. The summed E-state index contributed by atoms with van der Waals surface area (Å²) in [7, 11) is 0. The summed E-state index contributed by atoms with van der Waals surface area (Å²) in [6, 6.07) is 5.33. The van der Waals surface area contributed by atoms with E-state index in [1.165, 1.54) is 23.3 Å². The van der Waals surface area contributed by atoms with Crippen LogP contribution in [0.2, 0.25) is 9.36 Å². The lowest BCUT2D eigenvalue weighted by atomic mass is 10.3. The molecule has 0 aliphatic heterocycles. The fraction of sp³-hybridized carbons (Fsp3) is 0.100. The summed E-state index contributed by atoms with van der Waals surface area (Å²) in [6.07, 6.45) is 0. The van der Waals surface area contributed by atoms with Crippen molar-refractivity contribution in [2.24, 2.45) is 0 Å². The van der Waals surface area contributed by atoms with Crippen LogP contribution in [0.4, 0.5) is 0 Å². The Hall–Kier alpha value is -0.820. The normalized spacial score (nSPS) is 11.2. The van der Waals surface area contributed by atoms with Crippen molar-refractivity contribution in [2.45, 2.75) is 11.0 Å². The maximum absolute atomic E-state index is 5.92. The Morgan fingerprint density at radius 2 is 2.22 bits per heavy atom. The number of thioether (sulfide) groups is 1. The average Bonchev–Trinajstić information content (AvgIpc) is 2.92. The number of oxazole rings is 1. The van der Waals surface area contributed by atoms with E-state index >= 15 is 0 Å². The Balaban J connectivity index is 1.81. The van der Waals surface area contributed by atoms with Crippen LogP contribution < -0.4 is 0 Å². The van der Waals surface area contributed by atoms with Gasteiger partial charge in [-0.1, -0.05) is 39.5 Å². The van der Waals surface area contributed by atoms with Gasteiger partial charge in [-0.3, -0.25) is 0 Å². The topological polar surface area (TPSA) is 51.8 Å². The second-order valence-electron chi connectivity index (χ2n) is 3.37. The van der Waals surface area contributed by atoms with E-state index in [-0.39, 0.29) is 0 Å². The number of aromatic nitrogens is 3. The fourth-order valence-corrected chi connectivity index (χ4v) is 3.09. The van der Waals surface area contributed by atoms with Crippen LogP contribution in [0.15, 0.2) is 27.8 Å². The molecular formula is C10H5Cl2N3OS2. The number of nitrogens with zero attached hydrogens (tertiary/aromatic N) is 3. The zero-order valence-electron chi connectivity index (χ0n) is 8.76. The highest BCUT2D eigenvalue weighted by Gasteiger charge is 2.10. The first-order valence-corrected chi connectivity index (χ1v) is 7.39. The summed E-state index contributed by atoms with van der Waals surface area (Å²) in [6.45, 7) is 0. The second kappa shape index (κ2) is 5.05. The van der Waals surface area contributed by atoms with E-state index in [1.807, 2.05) is 0 Å². The molecule has 4 nitrogen and oxygen atoms in total. The fourth-order valence-electron chi connectivity index (χ4n) is 1.35. The zero-order valence-corrected chi connectivity index (χ0v) is 11.9. The Bertz CT molecular complexity index is 697. The molecule has 92 valence electrons. The van der Waals surface area contributed by atoms with Gasteiger partial charge >= 0.3 is 0 Å². The molecule has 0 amide bonds. The van der Waals surface area contributed by atoms with Crippen LogP contribution in [0.25, 0.3) is 11.1 Å². The van der Waals surface area contributed by atoms with E-state index in [2.05, 4.69) is 14.6 Å². The lowest BCUT2D eigenvalue weighted by molar-refractivity contribution is 0.489. The summed E-state index contributed by atoms with van der Waals surface area (Å²) in [5.74, 6) is 0.579. The van der Waals surface area contributed by atoms with E-state index in [4.69, 9.17) is 27.6 Å². The van der Waals surface area contributed by atoms with Crippen molar-refractivity contribution in [2.75, 3.05) is 0 Å². The molecular weight excluding hydrogens is 313 g/mol. The van der Waals surface area contributed by atoms with Crippen LogP contribution in [0.5, 0.6) is 0 Å². The van der Waals surface area contributed by atoms with Gasteiger partial charge in [0.15, 0.2) is 5.58 Å². The monoisotopic (exact) mass is 317 g/mol. The third-order valence-corrected chi connectivity index (χ3v) is 4.23. The maximum Gasteiger partial charge on any atom is 0.257 e.